The fourth-order valence-electron chi connectivity index (χ4n) is 5.48. The summed E-state index contributed by atoms with van der Waals surface area (Å²) in [4.78, 5) is 28.0. The Hall–Kier alpha value is -3.86. The van der Waals surface area contributed by atoms with Gasteiger partial charge < -0.3 is 33.5 Å². The van der Waals surface area contributed by atoms with Crippen LogP contribution in [0.25, 0.3) is 6.08 Å². The zero-order valence-electron chi connectivity index (χ0n) is 28.9. The molecular formula is C37H49NO9. The summed E-state index contributed by atoms with van der Waals surface area (Å²) in [5.41, 5.74) is 1.04. The minimum Gasteiger partial charge on any atom is -0.507 e. The van der Waals surface area contributed by atoms with E-state index in [0.29, 0.717) is 24.3 Å². The van der Waals surface area contributed by atoms with Crippen molar-refractivity contribution in [2.24, 2.45) is 5.92 Å². The Morgan fingerprint density at radius 3 is 2.43 bits per heavy atom. The largest absolute Gasteiger partial charge is 0.507 e. The van der Waals surface area contributed by atoms with Gasteiger partial charge in [0, 0.05) is 18.5 Å². The predicted molar refractivity (Wildman–Crippen MR) is 180 cm³/mol. The molecule has 1 saturated heterocycles. The molecule has 2 aromatic rings. The second-order valence-corrected chi connectivity index (χ2v) is 13.4. The normalized spacial score (nSPS) is 25.8. The number of hydrogen-bond donors (Lipinski definition) is 1. The summed E-state index contributed by atoms with van der Waals surface area (Å²) < 4.78 is 35.9. The Kier molecular flexibility index (Phi) is 11.4. The van der Waals surface area contributed by atoms with Crippen LogP contribution in [0.3, 0.4) is 0 Å². The molecule has 10 nitrogen and oxygen atoms in total. The second kappa shape index (κ2) is 14.9. The highest BCUT2D eigenvalue weighted by atomic mass is 16.8. The van der Waals surface area contributed by atoms with E-state index in [4.69, 9.17) is 28.4 Å². The molecule has 4 rings (SSSR count). The van der Waals surface area contributed by atoms with E-state index in [-0.39, 0.29) is 29.9 Å². The van der Waals surface area contributed by atoms with Crippen molar-refractivity contribution in [3.63, 3.8) is 0 Å². The highest BCUT2D eigenvalue weighted by Gasteiger charge is 2.44. The van der Waals surface area contributed by atoms with E-state index in [1.807, 2.05) is 63.3 Å². The molecule has 2 heterocycles. The smallest absolute Gasteiger partial charge is 0.414 e. The fraction of sp³-hybridized carbons (Fsp3) is 0.514. The van der Waals surface area contributed by atoms with Gasteiger partial charge in [-0.2, -0.15) is 0 Å². The molecule has 2 aromatic carbocycles. The lowest BCUT2D eigenvalue weighted by atomic mass is 9.98. The lowest BCUT2D eigenvalue weighted by Gasteiger charge is -2.27. The zero-order valence-corrected chi connectivity index (χ0v) is 28.9. The Labute approximate surface area is 278 Å². The van der Waals surface area contributed by atoms with Crippen molar-refractivity contribution in [3.8, 4) is 11.5 Å². The van der Waals surface area contributed by atoms with E-state index < -0.39 is 41.8 Å². The molecule has 1 unspecified atom stereocenters. The lowest BCUT2D eigenvalue weighted by Crippen LogP contribution is -2.37. The van der Waals surface area contributed by atoms with Gasteiger partial charge in [-0.05, 0) is 84.2 Å². The molecule has 47 heavy (non-hydrogen) atoms. The van der Waals surface area contributed by atoms with Crippen molar-refractivity contribution in [2.45, 2.75) is 104 Å². The van der Waals surface area contributed by atoms with E-state index >= 15 is 0 Å². The van der Waals surface area contributed by atoms with Crippen molar-refractivity contribution in [1.29, 1.82) is 0 Å². The molecule has 1 N–H and O–H groups in total. The standard InChI is InChI=1S/C37H49NO9/c1-10-38(35(41)47-36(4,5)6)27-20-26-12-11-13-31-33(46-37(7,8)45-31)30(43-22-25-15-17-28(42-9)18-16-25)19-14-23(2)24(3)44-34(40)32(26)29(39)21-27/h11-12,14-21,23-24,30-31,33,39H,10,13,22H2,1-9H3/b12-11+,19-14-/t23-,24+,30?,31+,33-/m1/s1. The molecular weight excluding hydrogens is 602 g/mol. The summed E-state index contributed by atoms with van der Waals surface area (Å²) in [6.45, 7) is 15.3. The molecule has 1 fully saturated rings. The number of anilines is 1. The molecule has 0 aromatic heterocycles. The number of fused-ring (bicyclic) bond motifs is 2. The van der Waals surface area contributed by atoms with Gasteiger partial charge in [0.15, 0.2) is 5.79 Å². The van der Waals surface area contributed by atoms with Gasteiger partial charge in [0.1, 0.15) is 41.0 Å². The van der Waals surface area contributed by atoms with Gasteiger partial charge in [0.2, 0.25) is 0 Å². The lowest BCUT2D eigenvalue weighted by molar-refractivity contribution is -0.156. The monoisotopic (exact) mass is 651 g/mol. The SMILES string of the molecule is CCN(C(=O)OC(C)(C)C)c1cc(O)c2c(c1)/C=C/C[C@@H]1OC(C)(C)O[C@@H]1C(OCc1ccc(OC)cc1)/C=C\[C@@H](C)[C@H](C)OC2=O. The highest BCUT2D eigenvalue weighted by molar-refractivity contribution is 5.99. The quantitative estimate of drug-likeness (QED) is 0.252. The number of cyclic esters (lactones) is 1. The number of phenolic OH excluding ortho intramolecular Hbond substituents is 1. The first-order chi connectivity index (χ1) is 22.1. The Morgan fingerprint density at radius 2 is 1.79 bits per heavy atom. The topological polar surface area (TPSA) is 113 Å². The summed E-state index contributed by atoms with van der Waals surface area (Å²) >= 11 is 0. The molecule has 0 bridgehead atoms. The van der Waals surface area contributed by atoms with Crippen LogP contribution in [-0.4, -0.2) is 66.6 Å². The van der Waals surface area contributed by atoms with Crippen LogP contribution in [0.5, 0.6) is 11.5 Å². The summed E-state index contributed by atoms with van der Waals surface area (Å²) in [6, 6.07) is 10.7. The molecule has 10 heteroatoms. The Bertz CT molecular complexity index is 1460. The first kappa shape index (κ1) is 36.0. The summed E-state index contributed by atoms with van der Waals surface area (Å²) in [5, 5.41) is 11.2. The van der Waals surface area contributed by atoms with Crippen LogP contribution < -0.4 is 9.64 Å². The molecule has 1 amide bonds. The van der Waals surface area contributed by atoms with E-state index in [1.165, 1.54) is 11.0 Å². The number of amides is 1. The van der Waals surface area contributed by atoms with Crippen molar-refractivity contribution < 1.29 is 43.1 Å². The van der Waals surface area contributed by atoms with Crippen LogP contribution in [0.2, 0.25) is 0 Å². The molecule has 0 spiro atoms. The van der Waals surface area contributed by atoms with Crippen LogP contribution in [-0.2, 0) is 30.3 Å². The number of nitrogens with zero attached hydrogens (tertiary/aromatic N) is 1. The van der Waals surface area contributed by atoms with Crippen molar-refractivity contribution in [3.05, 3.63) is 71.3 Å². The van der Waals surface area contributed by atoms with E-state index in [9.17, 15) is 14.7 Å². The minimum absolute atomic E-state index is 0.00602. The molecule has 256 valence electrons. The van der Waals surface area contributed by atoms with Gasteiger partial charge in [-0.25, -0.2) is 9.59 Å². The molecule has 5 atom stereocenters. The third-order valence-corrected chi connectivity index (χ3v) is 8.03. The van der Waals surface area contributed by atoms with Crippen molar-refractivity contribution in [2.75, 3.05) is 18.6 Å². The number of methoxy groups -OCH3 is 1. The Balaban J connectivity index is 1.70. The maximum absolute atomic E-state index is 13.5. The summed E-state index contributed by atoms with van der Waals surface area (Å²) in [5.74, 6) is -1.28. The van der Waals surface area contributed by atoms with Crippen molar-refractivity contribution in [1.82, 2.24) is 0 Å². The predicted octanol–water partition coefficient (Wildman–Crippen LogP) is 7.42. The van der Waals surface area contributed by atoms with Gasteiger partial charge in [-0.3, -0.25) is 4.90 Å². The molecule has 2 aliphatic rings. The number of rotatable bonds is 6. The van der Waals surface area contributed by atoms with Crippen LogP contribution in [0.1, 0.15) is 83.3 Å². The highest BCUT2D eigenvalue weighted by Crippen LogP contribution is 2.36. The number of phenols is 1. The van der Waals surface area contributed by atoms with Gasteiger partial charge in [0.25, 0.3) is 0 Å². The average molecular weight is 652 g/mol. The number of esters is 1. The Morgan fingerprint density at radius 1 is 1.09 bits per heavy atom. The zero-order chi connectivity index (χ0) is 34.5. The maximum atomic E-state index is 13.5. The van der Waals surface area contributed by atoms with Gasteiger partial charge >= 0.3 is 12.1 Å². The number of ether oxygens (including phenoxy) is 6. The number of carbonyl (C=O) groups is 2. The molecule has 2 aliphatic heterocycles. The number of benzene rings is 2. The van der Waals surface area contributed by atoms with E-state index in [1.54, 1.807) is 53.9 Å². The third-order valence-electron chi connectivity index (χ3n) is 8.03. The molecule has 0 radical (unpaired) electrons. The van der Waals surface area contributed by atoms with E-state index in [0.717, 1.165) is 11.3 Å². The molecule has 0 aliphatic carbocycles. The molecule has 0 saturated carbocycles. The van der Waals surface area contributed by atoms with Crippen LogP contribution in [0.15, 0.2) is 54.6 Å². The first-order valence-corrected chi connectivity index (χ1v) is 16.1. The van der Waals surface area contributed by atoms with Gasteiger partial charge in [0.05, 0.1) is 25.5 Å². The van der Waals surface area contributed by atoms with Crippen LogP contribution in [0.4, 0.5) is 10.5 Å². The second-order valence-electron chi connectivity index (χ2n) is 13.4. The first-order valence-electron chi connectivity index (χ1n) is 16.1. The van der Waals surface area contributed by atoms with E-state index in [2.05, 4.69) is 0 Å². The van der Waals surface area contributed by atoms with Gasteiger partial charge in [-0.15, -0.1) is 0 Å². The average Bonchev–Trinajstić information content (AvgIpc) is 3.29. The maximum Gasteiger partial charge on any atom is 0.414 e. The minimum atomic E-state index is -0.858. The van der Waals surface area contributed by atoms with Crippen molar-refractivity contribution >= 4 is 23.8 Å². The fourth-order valence-corrected chi connectivity index (χ4v) is 5.48. The van der Waals surface area contributed by atoms with Crippen LogP contribution >= 0.6 is 0 Å². The third kappa shape index (κ3) is 9.37. The summed E-state index contributed by atoms with van der Waals surface area (Å²) in [6.07, 6.45) is 5.51. The number of aromatic hydroxyl groups is 1. The summed E-state index contributed by atoms with van der Waals surface area (Å²) in [7, 11) is 1.63. The van der Waals surface area contributed by atoms with Gasteiger partial charge in [-0.1, -0.05) is 43.4 Å². The number of hydrogen-bond acceptors (Lipinski definition) is 9. The number of carbonyl (C=O) groups excluding carboxylic acids is 2. The van der Waals surface area contributed by atoms with Crippen LogP contribution in [0, 0.1) is 5.92 Å².